The highest BCUT2D eigenvalue weighted by Crippen LogP contribution is 2.32. The van der Waals surface area contributed by atoms with Crippen LogP contribution in [-0.2, 0) is 12.8 Å². The Morgan fingerprint density at radius 3 is 2.44 bits per heavy atom. The van der Waals surface area contributed by atoms with Gasteiger partial charge in [0.2, 0.25) is 0 Å². The summed E-state index contributed by atoms with van der Waals surface area (Å²) in [5, 5.41) is 5.83. The number of benzene rings is 3. The molecule has 0 aliphatic heterocycles. The molecule has 0 amide bonds. The van der Waals surface area contributed by atoms with Crippen LogP contribution in [0.4, 0.5) is 0 Å². The third-order valence-corrected chi connectivity index (χ3v) is 6.04. The van der Waals surface area contributed by atoms with Crippen LogP contribution in [0.2, 0.25) is 0 Å². The summed E-state index contributed by atoms with van der Waals surface area (Å²) < 4.78 is 0. The summed E-state index contributed by atoms with van der Waals surface area (Å²) >= 11 is 1.73. The Balaban J connectivity index is 1.52. The third-order valence-electron chi connectivity index (χ3n) is 5.14. The molecule has 0 fully saturated rings. The Morgan fingerprint density at radius 1 is 0.720 bits per heavy atom. The van der Waals surface area contributed by atoms with Crippen LogP contribution in [0.5, 0.6) is 0 Å². The first-order valence-corrected chi connectivity index (χ1v) is 9.82. The average molecular weight is 341 g/mol. The van der Waals surface area contributed by atoms with Crippen molar-refractivity contribution in [3.63, 3.8) is 0 Å². The van der Waals surface area contributed by atoms with Gasteiger partial charge in [0.25, 0.3) is 0 Å². The minimum atomic E-state index is 1.10. The van der Waals surface area contributed by atoms with Crippen LogP contribution < -0.4 is 0 Å². The lowest BCUT2D eigenvalue weighted by Gasteiger charge is -2.16. The maximum Gasteiger partial charge on any atom is 0.124 e. The highest BCUT2D eigenvalue weighted by Gasteiger charge is 2.12. The second-order valence-corrected chi connectivity index (χ2v) is 7.65. The molecule has 122 valence electrons. The zero-order valence-corrected chi connectivity index (χ0v) is 14.9. The van der Waals surface area contributed by atoms with Crippen molar-refractivity contribution in [2.75, 3.05) is 0 Å². The second kappa shape index (κ2) is 6.12. The van der Waals surface area contributed by atoms with Crippen molar-refractivity contribution < 1.29 is 0 Å². The van der Waals surface area contributed by atoms with Crippen LogP contribution in [-0.4, -0.2) is 4.98 Å². The highest BCUT2D eigenvalue weighted by atomic mass is 32.1. The largest absolute Gasteiger partial charge is 0.236 e. The molecule has 1 aromatic heterocycles. The van der Waals surface area contributed by atoms with E-state index in [1.165, 1.54) is 58.7 Å². The van der Waals surface area contributed by atoms with Crippen LogP contribution in [0.1, 0.15) is 24.0 Å². The molecule has 0 atom stereocenters. The fourth-order valence-electron chi connectivity index (χ4n) is 3.75. The van der Waals surface area contributed by atoms with E-state index in [0.29, 0.717) is 0 Å². The van der Waals surface area contributed by atoms with Gasteiger partial charge in [-0.2, -0.15) is 0 Å². The van der Waals surface area contributed by atoms with Crippen molar-refractivity contribution in [1.29, 1.82) is 0 Å². The highest BCUT2D eigenvalue weighted by molar-refractivity contribution is 7.13. The maximum absolute atomic E-state index is 4.92. The zero-order chi connectivity index (χ0) is 16.6. The van der Waals surface area contributed by atoms with E-state index >= 15 is 0 Å². The fraction of sp³-hybridized carbons (Fsp3) is 0.174. The van der Waals surface area contributed by atoms with Crippen molar-refractivity contribution >= 4 is 22.1 Å². The molecule has 25 heavy (non-hydrogen) atoms. The molecule has 1 nitrogen and oxygen atoms in total. The minimum absolute atomic E-state index is 1.10. The summed E-state index contributed by atoms with van der Waals surface area (Å²) in [6.45, 7) is 0. The molecule has 1 aliphatic carbocycles. The van der Waals surface area contributed by atoms with Gasteiger partial charge in [0.05, 0.1) is 5.69 Å². The number of nitrogens with zero attached hydrogens (tertiary/aromatic N) is 1. The van der Waals surface area contributed by atoms with Crippen LogP contribution >= 0.6 is 11.3 Å². The van der Waals surface area contributed by atoms with Gasteiger partial charge in [-0.15, -0.1) is 11.3 Å². The zero-order valence-electron chi connectivity index (χ0n) is 14.0. The van der Waals surface area contributed by atoms with Gasteiger partial charge in [0.1, 0.15) is 5.01 Å². The molecule has 0 N–H and O–H groups in total. The van der Waals surface area contributed by atoms with E-state index in [-0.39, 0.29) is 0 Å². The molecule has 0 spiro atoms. The molecular formula is C23H19NS. The lowest BCUT2D eigenvalue weighted by Crippen LogP contribution is -2.02. The van der Waals surface area contributed by atoms with E-state index in [1.807, 2.05) is 0 Å². The van der Waals surface area contributed by atoms with Crippen molar-refractivity contribution in [1.82, 2.24) is 4.98 Å². The van der Waals surface area contributed by atoms with Crippen LogP contribution in [0.15, 0.2) is 66.0 Å². The maximum atomic E-state index is 4.92. The van der Waals surface area contributed by atoms with Gasteiger partial charge in [-0.3, -0.25) is 0 Å². The number of hydrogen-bond acceptors (Lipinski definition) is 2. The van der Waals surface area contributed by atoms with Crippen molar-refractivity contribution in [3.8, 4) is 21.8 Å². The van der Waals surface area contributed by atoms with E-state index in [2.05, 4.69) is 66.0 Å². The normalized spacial score (nSPS) is 13.8. The first-order chi connectivity index (χ1) is 12.4. The molecule has 0 saturated carbocycles. The molecule has 3 aromatic carbocycles. The predicted molar refractivity (Wildman–Crippen MR) is 107 cm³/mol. The molecule has 0 radical (unpaired) electrons. The van der Waals surface area contributed by atoms with Gasteiger partial charge in [0, 0.05) is 16.5 Å². The van der Waals surface area contributed by atoms with E-state index in [1.54, 1.807) is 11.3 Å². The monoisotopic (exact) mass is 341 g/mol. The van der Waals surface area contributed by atoms with E-state index in [0.717, 1.165) is 10.7 Å². The average Bonchev–Trinajstić information content (AvgIpc) is 3.17. The molecule has 0 saturated heterocycles. The Hall–Kier alpha value is -2.45. The van der Waals surface area contributed by atoms with E-state index in [4.69, 9.17) is 4.98 Å². The Labute approximate surface area is 152 Å². The number of aromatic nitrogens is 1. The number of rotatable bonds is 2. The SMILES string of the molecule is c1ccc2cc(-c3nc(-c4ccc5c(c4)CCCC5)cs3)ccc2c1. The van der Waals surface area contributed by atoms with Gasteiger partial charge < -0.3 is 0 Å². The number of aryl methyl sites for hydroxylation is 2. The lowest BCUT2D eigenvalue weighted by molar-refractivity contribution is 0.686. The Morgan fingerprint density at radius 2 is 1.52 bits per heavy atom. The van der Waals surface area contributed by atoms with Gasteiger partial charge in [-0.05, 0) is 59.7 Å². The number of thiazole rings is 1. The Bertz CT molecular complexity index is 1060. The van der Waals surface area contributed by atoms with Gasteiger partial charge in [-0.1, -0.05) is 48.5 Å². The number of hydrogen-bond donors (Lipinski definition) is 0. The summed E-state index contributed by atoms with van der Waals surface area (Å²) in [4.78, 5) is 4.92. The van der Waals surface area contributed by atoms with Crippen LogP contribution in [0.3, 0.4) is 0 Å². The lowest BCUT2D eigenvalue weighted by atomic mass is 9.90. The van der Waals surface area contributed by atoms with Gasteiger partial charge >= 0.3 is 0 Å². The summed E-state index contributed by atoms with van der Waals surface area (Å²) in [6, 6.07) is 22.0. The van der Waals surface area contributed by atoms with Crippen LogP contribution in [0, 0.1) is 0 Å². The van der Waals surface area contributed by atoms with Crippen molar-refractivity contribution in [2.45, 2.75) is 25.7 Å². The minimum Gasteiger partial charge on any atom is -0.236 e. The fourth-order valence-corrected chi connectivity index (χ4v) is 4.58. The summed E-state index contributed by atoms with van der Waals surface area (Å²) in [6.07, 6.45) is 5.09. The predicted octanol–water partition coefficient (Wildman–Crippen LogP) is 6.51. The molecule has 1 aliphatic rings. The summed E-state index contributed by atoms with van der Waals surface area (Å²) in [7, 11) is 0. The molecular weight excluding hydrogens is 322 g/mol. The van der Waals surface area contributed by atoms with E-state index < -0.39 is 0 Å². The first kappa shape index (κ1) is 14.9. The van der Waals surface area contributed by atoms with Crippen LogP contribution in [0.25, 0.3) is 32.6 Å². The smallest absolute Gasteiger partial charge is 0.124 e. The molecule has 1 heterocycles. The summed E-state index contributed by atoms with van der Waals surface area (Å²) in [5.41, 5.74) is 6.60. The van der Waals surface area contributed by atoms with Gasteiger partial charge in [0.15, 0.2) is 0 Å². The molecule has 0 unspecified atom stereocenters. The van der Waals surface area contributed by atoms with Crippen molar-refractivity contribution in [2.24, 2.45) is 0 Å². The van der Waals surface area contributed by atoms with E-state index in [9.17, 15) is 0 Å². The second-order valence-electron chi connectivity index (χ2n) is 6.79. The number of fused-ring (bicyclic) bond motifs is 2. The standard InChI is InChI=1S/C23H19NS/c1-3-7-18-13-20(11-9-16(18)5-1)22-15-25-23(24-22)21-12-10-17-6-2-4-8-19(17)14-21/h2,4,6,8-15H,1,3,5,7H2. The first-order valence-electron chi connectivity index (χ1n) is 8.94. The topological polar surface area (TPSA) is 12.9 Å². The molecule has 5 rings (SSSR count). The van der Waals surface area contributed by atoms with Crippen molar-refractivity contribution in [3.05, 3.63) is 77.2 Å². The molecule has 4 aromatic rings. The third kappa shape index (κ3) is 2.77. The Kier molecular flexibility index (Phi) is 3.64. The van der Waals surface area contributed by atoms with Gasteiger partial charge in [-0.25, -0.2) is 4.98 Å². The molecule has 0 bridgehead atoms. The summed E-state index contributed by atoms with van der Waals surface area (Å²) in [5.74, 6) is 0. The molecule has 2 heteroatoms. The quantitative estimate of drug-likeness (QED) is 0.405.